The van der Waals surface area contributed by atoms with Crippen LogP contribution in [-0.4, -0.2) is 10.8 Å². The maximum atomic E-state index is 12.5. The number of alkyl halides is 3. The number of ether oxygens (including phenoxy) is 1. The van der Waals surface area contributed by atoms with E-state index >= 15 is 0 Å². The Morgan fingerprint density at radius 3 is 2.32 bits per heavy atom. The molecular weight excluding hydrogens is 331 g/mol. The van der Waals surface area contributed by atoms with E-state index in [1.165, 1.54) is 24.4 Å². The molecule has 1 heterocycles. The van der Waals surface area contributed by atoms with Crippen molar-refractivity contribution >= 4 is 5.78 Å². The van der Waals surface area contributed by atoms with E-state index in [2.05, 4.69) is 11.9 Å². The van der Waals surface area contributed by atoms with E-state index in [4.69, 9.17) is 4.74 Å². The van der Waals surface area contributed by atoms with Crippen molar-refractivity contribution in [3.05, 3.63) is 53.7 Å². The maximum absolute atomic E-state index is 12.5. The first-order valence-corrected chi connectivity index (χ1v) is 8.24. The average molecular weight is 351 g/mol. The molecule has 0 radical (unpaired) electrons. The Balaban J connectivity index is 1.92. The number of rotatable bonds is 8. The van der Waals surface area contributed by atoms with Crippen LogP contribution in [0.5, 0.6) is 11.6 Å². The molecule has 0 N–H and O–H groups in total. The molecule has 0 unspecified atom stereocenters. The largest absolute Gasteiger partial charge is 0.439 e. The average Bonchev–Trinajstić information content (AvgIpc) is 2.59. The monoisotopic (exact) mass is 351 g/mol. The molecule has 6 heteroatoms. The minimum atomic E-state index is -4.38. The molecule has 0 spiro atoms. The number of benzene rings is 1. The number of aromatic nitrogens is 1. The number of unbranched alkanes of at least 4 members (excludes halogenated alkanes) is 3. The summed E-state index contributed by atoms with van der Waals surface area (Å²) in [5.74, 6) is 0.506. The molecule has 1 aromatic carbocycles. The fourth-order valence-electron chi connectivity index (χ4n) is 2.29. The number of nitrogens with zero attached hydrogens (tertiary/aromatic N) is 1. The molecule has 0 amide bonds. The van der Waals surface area contributed by atoms with Gasteiger partial charge in [-0.3, -0.25) is 4.79 Å². The van der Waals surface area contributed by atoms with Crippen LogP contribution in [-0.2, 0) is 6.18 Å². The quantitative estimate of drug-likeness (QED) is 0.429. The van der Waals surface area contributed by atoms with Crippen molar-refractivity contribution in [2.45, 2.75) is 45.2 Å². The summed E-state index contributed by atoms with van der Waals surface area (Å²) in [6.07, 6.45) is 1.66. The van der Waals surface area contributed by atoms with E-state index in [1.807, 2.05) is 0 Å². The van der Waals surface area contributed by atoms with Gasteiger partial charge in [-0.25, -0.2) is 4.98 Å². The molecule has 0 atom stereocenters. The highest BCUT2D eigenvalue weighted by Gasteiger charge is 2.30. The minimum Gasteiger partial charge on any atom is -0.439 e. The Bertz CT molecular complexity index is 679. The van der Waals surface area contributed by atoms with Gasteiger partial charge in [-0.15, -0.1) is 0 Å². The summed E-state index contributed by atoms with van der Waals surface area (Å²) in [4.78, 5) is 16.1. The van der Waals surface area contributed by atoms with Gasteiger partial charge in [0.15, 0.2) is 5.78 Å². The minimum absolute atomic E-state index is 0.0321. The second-order valence-electron chi connectivity index (χ2n) is 5.74. The van der Waals surface area contributed by atoms with Crippen LogP contribution in [0.15, 0.2) is 42.6 Å². The standard InChI is InChI=1S/C19H20F3NO2/c1-2-3-4-5-6-17(24)14-7-12-18(23-13-14)25-16-10-8-15(9-11-16)19(20,21)22/h7-13H,2-6H2,1H3. The molecular formula is C19H20F3NO2. The third kappa shape index (κ3) is 5.89. The summed E-state index contributed by atoms with van der Waals surface area (Å²) in [6, 6.07) is 7.52. The van der Waals surface area contributed by atoms with E-state index < -0.39 is 11.7 Å². The fraction of sp³-hybridized carbons (Fsp3) is 0.368. The molecule has 0 aliphatic carbocycles. The zero-order valence-electron chi connectivity index (χ0n) is 14.0. The van der Waals surface area contributed by atoms with Crippen molar-refractivity contribution in [2.24, 2.45) is 0 Å². The highest BCUT2D eigenvalue weighted by Crippen LogP contribution is 2.31. The lowest BCUT2D eigenvalue weighted by Gasteiger charge is -2.08. The van der Waals surface area contributed by atoms with Gasteiger partial charge in [0.05, 0.1) is 5.56 Å². The van der Waals surface area contributed by atoms with Gasteiger partial charge >= 0.3 is 6.18 Å². The van der Waals surface area contributed by atoms with Gasteiger partial charge in [-0.05, 0) is 36.8 Å². The molecule has 25 heavy (non-hydrogen) atoms. The Hall–Kier alpha value is -2.37. The van der Waals surface area contributed by atoms with Crippen molar-refractivity contribution in [2.75, 3.05) is 0 Å². The molecule has 0 fully saturated rings. The topological polar surface area (TPSA) is 39.2 Å². The van der Waals surface area contributed by atoms with E-state index in [-0.39, 0.29) is 17.4 Å². The van der Waals surface area contributed by atoms with Crippen molar-refractivity contribution in [3.63, 3.8) is 0 Å². The molecule has 0 aliphatic heterocycles. The highest BCUT2D eigenvalue weighted by molar-refractivity contribution is 5.95. The van der Waals surface area contributed by atoms with Gasteiger partial charge in [-0.2, -0.15) is 13.2 Å². The molecule has 0 aliphatic rings. The summed E-state index contributed by atoms with van der Waals surface area (Å²) >= 11 is 0. The number of hydrogen-bond acceptors (Lipinski definition) is 3. The predicted octanol–water partition coefficient (Wildman–Crippen LogP) is 6.05. The Labute approximate surface area is 144 Å². The summed E-state index contributed by atoms with van der Waals surface area (Å²) in [5.41, 5.74) is -0.229. The number of carbonyl (C=O) groups excluding carboxylic acids is 1. The number of hydrogen-bond donors (Lipinski definition) is 0. The number of pyridine rings is 1. The lowest BCUT2D eigenvalue weighted by molar-refractivity contribution is -0.137. The van der Waals surface area contributed by atoms with Gasteiger partial charge < -0.3 is 4.74 Å². The molecule has 0 bridgehead atoms. The summed E-state index contributed by atoms with van der Waals surface area (Å²) in [6.45, 7) is 2.11. The van der Waals surface area contributed by atoms with Crippen LogP contribution < -0.4 is 4.74 Å². The van der Waals surface area contributed by atoms with Crippen molar-refractivity contribution < 1.29 is 22.7 Å². The lowest BCUT2D eigenvalue weighted by Crippen LogP contribution is -2.04. The van der Waals surface area contributed by atoms with Crippen LogP contribution in [0.2, 0.25) is 0 Å². The smallest absolute Gasteiger partial charge is 0.416 e. The fourth-order valence-corrected chi connectivity index (χ4v) is 2.29. The summed E-state index contributed by atoms with van der Waals surface area (Å²) in [7, 11) is 0. The molecule has 2 rings (SSSR count). The van der Waals surface area contributed by atoms with Gasteiger partial charge in [0.1, 0.15) is 5.75 Å². The van der Waals surface area contributed by atoms with Crippen LogP contribution in [0.4, 0.5) is 13.2 Å². The zero-order valence-corrected chi connectivity index (χ0v) is 14.0. The number of carbonyl (C=O) groups is 1. The Kier molecular flexibility index (Phi) is 6.56. The first-order valence-electron chi connectivity index (χ1n) is 8.24. The normalized spacial score (nSPS) is 11.4. The van der Waals surface area contributed by atoms with Crippen LogP contribution in [0.1, 0.15) is 54.9 Å². The zero-order chi connectivity index (χ0) is 18.3. The van der Waals surface area contributed by atoms with Gasteiger partial charge in [-0.1, -0.05) is 26.2 Å². The number of Topliss-reactive ketones (excluding diaryl/α,β-unsaturated/α-hetero) is 1. The molecule has 1 aromatic heterocycles. The van der Waals surface area contributed by atoms with Crippen molar-refractivity contribution in [3.8, 4) is 11.6 Å². The van der Waals surface area contributed by atoms with E-state index in [1.54, 1.807) is 6.07 Å². The van der Waals surface area contributed by atoms with Gasteiger partial charge in [0.2, 0.25) is 5.88 Å². The summed E-state index contributed by atoms with van der Waals surface area (Å²) in [5, 5.41) is 0. The van der Waals surface area contributed by atoms with Crippen LogP contribution in [0.25, 0.3) is 0 Å². The van der Waals surface area contributed by atoms with Crippen molar-refractivity contribution in [1.29, 1.82) is 0 Å². The molecule has 3 nitrogen and oxygen atoms in total. The number of halogens is 3. The molecule has 0 saturated heterocycles. The first-order chi connectivity index (χ1) is 11.9. The Morgan fingerprint density at radius 2 is 1.76 bits per heavy atom. The second-order valence-corrected chi connectivity index (χ2v) is 5.74. The Morgan fingerprint density at radius 1 is 1.04 bits per heavy atom. The lowest BCUT2D eigenvalue weighted by atomic mass is 10.1. The second kappa shape index (κ2) is 8.65. The first kappa shape index (κ1) is 19.0. The molecule has 2 aromatic rings. The van der Waals surface area contributed by atoms with Gasteiger partial charge in [0, 0.05) is 24.2 Å². The van der Waals surface area contributed by atoms with Crippen molar-refractivity contribution in [1.82, 2.24) is 4.98 Å². The van der Waals surface area contributed by atoms with E-state index in [0.717, 1.165) is 37.8 Å². The number of ketones is 1. The van der Waals surface area contributed by atoms with Gasteiger partial charge in [0.25, 0.3) is 0 Å². The van der Waals surface area contributed by atoms with Crippen LogP contribution in [0, 0.1) is 0 Å². The van der Waals surface area contributed by atoms with Crippen LogP contribution >= 0.6 is 0 Å². The van der Waals surface area contributed by atoms with Crippen LogP contribution in [0.3, 0.4) is 0 Å². The van der Waals surface area contributed by atoms with E-state index in [9.17, 15) is 18.0 Å². The third-order valence-corrected chi connectivity index (χ3v) is 3.72. The summed E-state index contributed by atoms with van der Waals surface area (Å²) < 4.78 is 42.9. The predicted molar refractivity (Wildman–Crippen MR) is 88.8 cm³/mol. The maximum Gasteiger partial charge on any atom is 0.416 e. The SMILES string of the molecule is CCCCCCC(=O)c1ccc(Oc2ccc(C(F)(F)F)cc2)nc1. The molecule has 134 valence electrons. The highest BCUT2D eigenvalue weighted by atomic mass is 19.4. The third-order valence-electron chi connectivity index (χ3n) is 3.72. The molecule has 0 saturated carbocycles. The van der Waals surface area contributed by atoms with E-state index in [0.29, 0.717) is 12.0 Å².